The number of fused-ring (bicyclic) bond motifs is 1. The topological polar surface area (TPSA) is 65.7 Å². The van der Waals surface area contributed by atoms with Crippen molar-refractivity contribution in [3.05, 3.63) is 29.8 Å². The van der Waals surface area contributed by atoms with Crippen LogP contribution in [0.25, 0.3) is 0 Å². The van der Waals surface area contributed by atoms with Gasteiger partial charge in [0.05, 0.1) is 34.8 Å². The van der Waals surface area contributed by atoms with E-state index in [1.165, 1.54) is 7.11 Å². The Balaban J connectivity index is 1.88. The molecule has 29 heavy (non-hydrogen) atoms. The first kappa shape index (κ1) is 19.5. The molecule has 0 aromatic heterocycles. The van der Waals surface area contributed by atoms with Crippen LogP contribution in [-0.4, -0.2) is 52.0 Å². The van der Waals surface area contributed by atoms with Gasteiger partial charge in [-0.15, -0.1) is 0 Å². The van der Waals surface area contributed by atoms with Crippen LogP contribution in [0.2, 0.25) is 0 Å². The van der Waals surface area contributed by atoms with Crippen LogP contribution < -0.4 is 0 Å². The van der Waals surface area contributed by atoms with Gasteiger partial charge in [-0.25, -0.2) is 4.79 Å². The fourth-order valence-corrected chi connectivity index (χ4v) is 8.47. The lowest BCUT2D eigenvalue weighted by Crippen LogP contribution is -2.70. The summed E-state index contributed by atoms with van der Waals surface area (Å²) < 4.78 is 5.21. The molecule has 3 heterocycles. The third-order valence-electron chi connectivity index (χ3n) is 7.79. The maximum Gasteiger partial charge on any atom is 0.332 e. The molecule has 7 heteroatoms. The Morgan fingerprint density at radius 3 is 2.93 bits per heavy atom. The Labute approximate surface area is 184 Å². The minimum Gasteiger partial charge on any atom is -0.467 e. The summed E-state index contributed by atoms with van der Waals surface area (Å²) in [6.45, 7) is 3.05. The zero-order valence-electron chi connectivity index (χ0n) is 16.5. The second-order valence-corrected chi connectivity index (χ2v) is 10.4. The van der Waals surface area contributed by atoms with E-state index in [2.05, 4.69) is 39.9 Å². The lowest BCUT2D eigenvalue weighted by Gasteiger charge is -2.59. The summed E-state index contributed by atoms with van der Waals surface area (Å²) in [7, 11) is 1.39. The largest absolute Gasteiger partial charge is 0.467 e. The summed E-state index contributed by atoms with van der Waals surface area (Å²) in [6, 6.07) is 10.3. The first-order valence-electron chi connectivity index (χ1n) is 10.2. The van der Waals surface area contributed by atoms with Crippen molar-refractivity contribution in [1.82, 2.24) is 4.90 Å². The number of methoxy groups -OCH3 is 1. The molecule has 0 N–H and O–H groups in total. The van der Waals surface area contributed by atoms with E-state index < -0.39 is 16.3 Å². The van der Waals surface area contributed by atoms with E-state index in [4.69, 9.17) is 21.3 Å². The van der Waals surface area contributed by atoms with Crippen LogP contribution in [0.15, 0.2) is 29.3 Å². The normalized spacial score (nSPS) is 42.3. The molecule has 3 fully saturated rings. The molecule has 1 aromatic carbocycles. The van der Waals surface area contributed by atoms with Crippen molar-refractivity contribution in [2.45, 2.75) is 59.8 Å². The van der Waals surface area contributed by atoms with Gasteiger partial charge in [0.25, 0.3) is 0 Å². The van der Waals surface area contributed by atoms with Crippen LogP contribution in [0, 0.1) is 16.7 Å². The van der Waals surface area contributed by atoms with Gasteiger partial charge in [0.2, 0.25) is 0 Å². The fourth-order valence-electron chi connectivity index (χ4n) is 6.80. The molecule has 1 saturated carbocycles. The average molecular weight is 477 g/mol. The highest BCUT2D eigenvalue weighted by Gasteiger charge is 2.77. The van der Waals surface area contributed by atoms with E-state index in [9.17, 15) is 10.1 Å². The van der Waals surface area contributed by atoms with Crippen molar-refractivity contribution in [3.63, 3.8) is 0 Å². The molecular weight excluding hydrogens is 454 g/mol. The Kier molecular flexibility index (Phi) is 4.24. The number of carbonyl (C=O) groups excluding carboxylic acids is 1. The molecule has 1 aliphatic carbocycles. The number of para-hydroxylation sites is 1. The molecule has 152 valence electrons. The lowest BCUT2D eigenvalue weighted by molar-refractivity contribution is -0.144. The number of piperidine rings is 1. The van der Waals surface area contributed by atoms with Gasteiger partial charge < -0.3 is 4.74 Å². The van der Waals surface area contributed by atoms with Crippen LogP contribution in [0.4, 0.5) is 5.69 Å². The van der Waals surface area contributed by atoms with Crippen molar-refractivity contribution >= 4 is 44.9 Å². The Bertz CT molecular complexity index is 977. The number of nitriles is 1. The first-order chi connectivity index (χ1) is 13.9. The summed E-state index contributed by atoms with van der Waals surface area (Å²) >= 11 is 11.2. The number of esters is 1. The second kappa shape index (κ2) is 6.29. The van der Waals surface area contributed by atoms with Gasteiger partial charge in [-0.2, -0.15) is 5.26 Å². The van der Waals surface area contributed by atoms with Gasteiger partial charge in [-0.05, 0) is 49.3 Å². The van der Waals surface area contributed by atoms with Gasteiger partial charge in [0.1, 0.15) is 6.04 Å². The van der Waals surface area contributed by atoms with E-state index in [0.717, 1.165) is 37.1 Å². The number of nitrogens with zero attached hydrogens (tertiary/aromatic N) is 3. The van der Waals surface area contributed by atoms with Crippen LogP contribution in [-0.2, 0) is 14.9 Å². The molecular formula is C22H23BrClN3O2. The van der Waals surface area contributed by atoms with E-state index in [-0.39, 0.29) is 22.3 Å². The van der Waals surface area contributed by atoms with Gasteiger partial charge in [-0.1, -0.05) is 52.7 Å². The highest BCUT2D eigenvalue weighted by atomic mass is 79.9. The molecule has 6 atom stereocenters. The molecule has 3 aliphatic heterocycles. The van der Waals surface area contributed by atoms with Crippen LogP contribution in [0.3, 0.4) is 0 Å². The van der Waals surface area contributed by atoms with Gasteiger partial charge in [-0.3, -0.25) is 9.89 Å². The van der Waals surface area contributed by atoms with E-state index in [1.807, 2.05) is 18.2 Å². The van der Waals surface area contributed by atoms with Gasteiger partial charge in [0.15, 0.2) is 4.87 Å². The number of benzene rings is 1. The smallest absolute Gasteiger partial charge is 0.332 e. The van der Waals surface area contributed by atoms with Gasteiger partial charge in [0, 0.05) is 6.04 Å². The minimum absolute atomic E-state index is 0.0710. The molecule has 0 amide bonds. The SMILES string of the molecule is CC[C@]12CCCN3[C@@H](C#N)[C@@H](Br)[C@]4(C(=Nc5ccccc54)[C@@](Cl)(C(=O)OC)C1)[C@@H]32. The number of hydrogen-bond acceptors (Lipinski definition) is 5. The molecule has 0 unspecified atom stereocenters. The highest BCUT2D eigenvalue weighted by molar-refractivity contribution is 9.09. The van der Waals surface area contributed by atoms with Crippen LogP contribution >= 0.6 is 27.5 Å². The predicted octanol–water partition coefficient (Wildman–Crippen LogP) is 4.09. The summed E-state index contributed by atoms with van der Waals surface area (Å²) in [4.78, 5) is 18.9. The van der Waals surface area contributed by atoms with Crippen LogP contribution in [0.5, 0.6) is 0 Å². The number of rotatable bonds is 2. The summed E-state index contributed by atoms with van der Waals surface area (Å²) in [5.41, 5.74) is 1.75. The van der Waals surface area contributed by atoms with Gasteiger partial charge >= 0.3 is 5.97 Å². The lowest BCUT2D eigenvalue weighted by atomic mass is 9.50. The summed E-state index contributed by atoms with van der Waals surface area (Å²) in [5, 5.41) is 10.1. The van der Waals surface area contributed by atoms with E-state index >= 15 is 0 Å². The quantitative estimate of drug-likeness (QED) is 0.476. The molecule has 4 aliphatic rings. The van der Waals surface area contributed by atoms with Crippen LogP contribution in [0.1, 0.15) is 38.2 Å². The highest BCUT2D eigenvalue weighted by Crippen LogP contribution is 2.68. The molecule has 0 radical (unpaired) electrons. The van der Waals surface area contributed by atoms with E-state index in [1.54, 1.807) is 0 Å². The predicted molar refractivity (Wildman–Crippen MR) is 115 cm³/mol. The number of halogens is 2. The third-order valence-corrected chi connectivity index (χ3v) is 9.48. The van der Waals surface area contributed by atoms with Crippen molar-refractivity contribution < 1.29 is 9.53 Å². The standard InChI is InChI=1S/C22H23BrClN3O2/c1-3-20-9-6-10-27-15(11-25)16(23)22(18(20)27)13-7-4-5-8-14(13)26-17(22)21(24,12-20)19(28)29-2/h4-5,7-8,15-16,18H,3,6,9-10,12H2,1-2H3/t15-,16+,18-,20-,21+,22+/m0/s1. The van der Waals surface area contributed by atoms with Crippen molar-refractivity contribution in [3.8, 4) is 6.07 Å². The summed E-state index contributed by atoms with van der Waals surface area (Å²) in [5.74, 6) is -0.450. The molecule has 1 aromatic rings. The molecule has 1 spiro atoms. The zero-order chi connectivity index (χ0) is 20.6. The molecule has 5 nitrogen and oxygen atoms in total. The Hall–Kier alpha value is -1.42. The Morgan fingerprint density at radius 1 is 1.48 bits per heavy atom. The average Bonchev–Trinajstić information content (AvgIpc) is 3.22. The Morgan fingerprint density at radius 2 is 2.24 bits per heavy atom. The van der Waals surface area contributed by atoms with Crippen molar-refractivity contribution in [2.75, 3.05) is 13.7 Å². The molecule has 5 rings (SSSR count). The maximum absolute atomic E-state index is 13.1. The zero-order valence-corrected chi connectivity index (χ0v) is 18.8. The number of hydrogen-bond donors (Lipinski definition) is 0. The number of carbonyl (C=O) groups is 1. The van der Waals surface area contributed by atoms with E-state index in [0.29, 0.717) is 12.1 Å². The monoisotopic (exact) mass is 475 g/mol. The number of aliphatic imine (C=N–C) groups is 1. The molecule has 2 saturated heterocycles. The summed E-state index contributed by atoms with van der Waals surface area (Å²) in [6.07, 6.45) is 3.33. The first-order valence-corrected chi connectivity index (χ1v) is 11.5. The fraction of sp³-hybridized carbons (Fsp3) is 0.591. The minimum atomic E-state index is -1.33. The third kappa shape index (κ3) is 2.09. The second-order valence-electron chi connectivity index (χ2n) is 8.75. The molecule has 0 bridgehead atoms. The number of ether oxygens (including phenoxy) is 1. The maximum atomic E-state index is 13.1. The number of alkyl halides is 2. The van der Waals surface area contributed by atoms with Crippen molar-refractivity contribution in [2.24, 2.45) is 10.4 Å². The van der Waals surface area contributed by atoms with Crippen molar-refractivity contribution in [1.29, 1.82) is 5.26 Å².